The minimum absolute atomic E-state index is 0.861. The van der Waals surface area contributed by atoms with Crippen molar-refractivity contribution in [2.75, 3.05) is 0 Å². The third-order valence-electron chi connectivity index (χ3n) is 3.40. The first-order valence-electron chi connectivity index (χ1n) is 5.04. The zero-order valence-corrected chi connectivity index (χ0v) is 8.17. The second-order valence-electron chi connectivity index (χ2n) is 4.47. The van der Waals surface area contributed by atoms with Gasteiger partial charge in [0.05, 0.1) is 0 Å². The Hall–Kier alpha value is -1.04. The van der Waals surface area contributed by atoms with E-state index in [1.165, 1.54) is 17.5 Å². The van der Waals surface area contributed by atoms with Crippen molar-refractivity contribution in [1.29, 1.82) is 0 Å². The van der Waals surface area contributed by atoms with Crippen molar-refractivity contribution in [3.63, 3.8) is 0 Å². The molecule has 0 nitrogen and oxygen atoms in total. The topological polar surface area (TPSA) is 0 Å². The summed E-state index contributed by atoms with van der Waals surface area (Å²) in [5.74, 6) is 1.74. The van der Waals surface area contributed by atoms with Crippen LogP contribution in [0.4, 0.5) is 0 Å². The van der Waals surface area contributed by atoms with E-state index in [2.05, 4.69) is 38.1 Å². The molecule has 3 rings (SSSR count). The van der Waals surface area contributed by atoms with E-state index in [1.54, 1.807) is 11.1 Å². The number of hydrogen-bond donors (Lipinski definition) is 0. The van der Waals surface area contributed by atoms with E-state index in [0.717, 1.165) is 11.8 Å². The smallest absolute Gasteiger partial charge is 0.00842 e. The molecule has 0 saturated heterocycles. The Labute approximate surface area is 79.3 Å². The van der Waals surface area contributed by atoms with Crippen LogP contribution in [-0.4, -0.2) is 0 Å². The van der Waals surface area contributed by atoms with Crippen LogP contribution >= 0.6 is 0 Å². The van der Waals surface area contributed by atoms with Gasteiger partial charge in [-0.2, -0.15) is 0 Å². The lowest BCUT2D eigenvalue weighted by atomic mass is 9.92. The van der Waals surface area contributed by atoms with E-state index in [0.29, 0.717) is 0 Å². The molecule has 2 aliphatic rings. The minimum atomic E-state index is 0.861. The number of fused-ring (bicyclic) bond motifs is 3. The SMILES string of the molecule is CC1=Cc2ccc(C)cc2C2CC12. The fourth-order valence-corrected chi connectivity index (χ4v) is 2.54. The Balaban J connectivity index is 2.21. The van der Waals surface area contributed by atoms with E-state index in [-0.39, 0.29) is 0 Å². The highest BCUT2D eigenvalue weighted by atomic mass is 14.5. The zero-order valence-electron chi connectivity index (χ0n) is 8.17. The van der Waals surface area contributed by atoms with E-state index in [4.69, 9.17) is 0 Å². The van der Waals surface area contributed by atoms with E-state index < -0.39 is 0 Å². The molecule has 0 heteroatoms. The number of hydrogen-bond acceptors (Lipinski definition) is 0. The normalized spacial score (nSPS) is 28.9. The van der Waals surface area contributed by atoms with E-state index in [9.17, 15) is 0 Å². The molecule has 0 bridgehead atoms. The Kier molecular flexibility index (Phi) is 1.28. The van der Waals surface area contributed by atoms with Crippen molar-refractivity contribution in [3.8, 4) is 0 Å². The molecule has 0 radical (unpaired) electrons. The maximum atomic E-state index is 2.36. The monoisotopic (exact) mass is 170 g/mol. The number of rotatable bonds is 0. The fourth-order valence-electron chi connectivity index (χ4n) is 2.54. The zero-order chi connectivity index (χ0) is 9.00. The van der Waals surface area contributed by atoms with E-state index in [1.807, 2.05) is 0 Å². The summed E-state index contributed by atoms with van der Waals surface area (Å²) >= 11 is 0. The lowest BCUT2D eigenvalue weighted by molar-refractivity contribution is 0.926. The second-order valence-corrected chi connectivity index (χ2v) is 4.47. The summed E-state index contributed by atoms with van der Waals surface area (Å²) in [5, 5.41) is 0. The third-order valence-corrected chi connectivity index (χ3v) is 3.40. The fraction of sp³-hybridized carbons (Fsp3) is 0.385. The maximum absolute atomic E-state index is 2.36. The summed E-state index contributed by atoms with van der Waals surface area (Å²) in [7, 11) is 0. The van der Waals surface area contributed by atoms with Crippen LogP contribution in [0.1, 0.15) is 36.0 Å². The van der Waals surface area contributed by atoms with Gasteiger partial charge in [0, 0.05) is 0 Å². The molecule has 0 heterocycles. The molecule has 2 aliphatic carbocycles. The van der Waals surface area contributed by atoms with Gasteiger partial charge in [-0.05, 0) is 43.2 Å². The molecule has 66 valence electrons. The van der Waals surface area contributed by atoms with Crippen LogP contribution in [0.25, 0.3) is 6.08 Å². The standard InChI is InChI=1S/C13H14/c1-8-3-4-10-6-9(2)11-7-13(11)12(10)5-8/h3-6,11,13H,7H2,1-2H3. The maximum Gasteiger partial charge on any atom is -0.00842 e. The number of aryl methyl sites for hydroxylation is 1. The summed E-state index contributed by atoms with van der Waals surface area (Å²) < 4.78 is 0. The lowest BCUT2D eigenvalue weighted by Gasteiger charge is -2.13. The van der Waals surface area contributed by atoms with Crippen LogP contribution in [0, 0.1) is 12.8 Å². The predicted molar refractivity (Wildman–Crippen MR) is 55.7 cm³/mol. The van der Waals surface area contributed by atoms with E-state index >= 15 is 0 Å². The molecular weight excluding hydrogens is 156 g/mol. The first kappa shape index (κ1) is 7.37. The molecular formula is C13H14. The Morgan fingerprint density at radius 2 is 2.00 bits per heavy atom. The minimum Gasteiger partial charge on any atom is -0.0690 e. The van der Waals surface area contributed by atoms with Crippen molar-refractivity contribution in [2.45, 2.75) is 26.2 Å². The van der Waals surface area contributed by atoms with Crippen LogP contribution in [0.3, 0.4) is 0 Å². The summed E-state index contributed by atoms with van der Waals surface area (Å²) in [6.45, 7) is 4.45. The highest BCUT2D eigenvalue weighted by molar-refractivity contribution is 5.64. The van der Waals surface area contributed by atoms with Crippen molar-refractivity contribution < 1.29 is 0 Å². The van der Waals surface area contributed by atoms with Crippen molar-refractivity contribution >= 4 is 6.08 Å². The van der Waals surface area contributed by atoms with Gasteiger partial charge in [0.1, 0.15) is 0 Å². The van der Waals surface area contributed by atoms with Gasteiger partial charge in [0.25, 0.3) is 0 Å². The molecule has 2 unspecified atom stereocenters. The molecule has 13 heavy (non-hydrogen) atoms. The molecule has 0 N–H and O–H groups in total. The van der Waals surface area contributed by atoms with Gasteiger partial charge in [-0.3, -0.25) is 0 Å². The Morgan fingerprint density at radius 1 is 1.15 bits per heavy atom. The summed E-state index contributed by atoms with van der Waals surface area (Å²) in [4.78, 5) is 0. The van der Waals surface area contributed by atoms with Crippen LogP contribution in [0.5, 0.6) is 0 Å². The highest BCUT2D eigenvalue weighted by Crippen LogP contribution is 2.56. The van der Waals surface area contributed by atoms with Crippen LogP contribution in [-0.2, 0) is 0 Å². The predicted octanol–water partition coefficient (Wildman–Crippen LogP) is 3.52. The average molecular weight is 170 g/mol. The summed E-state index contributed by atoms with van der Waals surface area (Å²) in [6, 6.07) is 6.84. The molecule has 0 amide bonds. The summed E-state index contributed by atoms with van der Waals surface area (Å²) in [6.07, 6.45) is 3.75. The van der Waals surface area contributed by atoms with Crippen molar-refractivity contribution in [2.24, 2.45) is 5.92 Å². The van der Waals surface area contributed by atoms with Crippen molar-refractivity contribution in [3.05, 3.63) is 40.5 Å². The molecule has 0 aliphatic heterocycles. The summed E-state index contributed by atoms with van der Waals surface area (Å²) in [5.41, 5.74) is 6.04. The second kappa shape index (κ2) is 2.25. The van der Waals surface area contributed by atoms with Gasteiger partial charge in [-0.15, -0.1) is 0 Å². The van der Waals surface area contributed by atoms with Crippen LogP contribution in [0.2, 0.25) is 0 Å². The van der Waals surface area contributed by atoms with Gasteiger partial charge in [-0.25, -0.2) is 0 Å². The molecule has 0 aromatic heterocycles. The van der Waals surface area contributed by atoms with Gasteiger partial charge < -0.3 is 0 Å². The number of benzene rings is 1. The molecule has 1 saturated carbocycles. The molecule has 0 spiro atoms. The molecule has 1 aromatic carbocycles. The van der Waals surface area contributed by atoms with Gasteiger partial charge >= 0.3 is 0 Å². The molecule has 1 fully saturated rings. The van der Waals surface area contributed by atoms with Crippen LogP contribution < -0.4 is 0 Å². The van der Waals surface area contributed by atoms with Gasteiger partial charge in [-0.1, -0.05) is 35.4 Å². The highest BCUT2D eigenvalue weighted by Gasteiger charge is 2.42. The van der Waals surface area contributed by atoms with Crippen molar-refractivity contribution in [1.82, 2.24) is 0 Å². The third kappa shape index (κ3) is 0.980. The quantitative estimate of drug-likeness (QED) is 0.559. The number of allylic oxidation sites excluding steroid dienone is 1. The molecule has 2 atom stereocenters. The lowest BCUT2D eigenvalue weighted by Crippen LogP contribution is -1.96. The first-order valence-corrected chi connectivity index (χ1v) is 5.04. The van der Waals surface area contributed by atoms with Crippen LogP contribution in [0.15, 0.2) is 23.8 Å². The molecule has 1 aromatic rings. The Morgan fingerprint density at radius 3 is 2.85 bits per heavy atom. The average Bonchev–Trinajstić information content (AvgIpc) is 2.86. The first-order chi connectivity index (χ1) is 6.25. The largest absolute Gasteiger partial charge is 0.0690 e. The van der Waals surface area contributed by atoms with Gasteiger partial charge in [0.2, 0.25) is 0 Å². The van der Waals surface area contributed by atoms with Gasteiger partial charge in [0.15, 0.2) is 0 Å². The Bertz CT molecular complexity index is 398.